The lowest BCUT2D eigenvalue weighted by Crippen LogP contribution is -2.29. The van der Waals surface area contributed by atoms with E-state index in [1.807, 2.05) is 6.92 Å². The van der Waals surface area contributed by atoms with E-state index in [9.17, 15) is 9.59 Å². The topological polar surface area (TPSA) is 92.3 Å². The number of carbonyl (C=O) groups excluding carboxylic acids is 2. The first-order chi connectivity index (χ1) is 14.1. The van der Waals surface area contributed by atoms with Crippen LogP contribution in [-0.4, -0.2) is 45.9 Å². The lowest BCUT2D eigenvalue weighted by atomic mass is 10.2. The molecule has 0 aliphatic carbocycles. The summed E-state index contributed by atoms with van der Waals surface area (Å²) in [5.74, 6) is 1.05. The SMILES string of the molecule is CCOc1ccccc1OCC(=O)OCC(=O)NCc1ccc(OC)c(OC)c1. The van der Waals surface area contributed by atoms with Crippen LogP contribution in [0.25, 0.3) is 0 Å². The molecule has 8 nitrogen and oxygen atoms in total. The van der Waals surface area contributed by atoms with E-state index < -0.39 is 18.5 Å². The molecule has 0 unspecified atom stereocenters. The summed E-state index contributed by atoms with van der Waals surface area (Å²) in [5, 5.41) is 2.67. The third-order valence-electron chi connectivity index (χ3n) is 3.80. The van der Waals surface area contributed by atoms with Gasteiger partial charge in [0, 0.05) is 6.54 Å². The lowest BCUT2D eigenvalue weighted by molar-refractivity contribution is -0.150. The third-order valence-corrected chi connectivity index (χ3v) is 3.80. The zero-order valence-corrected chi connectivity index (χ0v) is 16.7. The van der Waals surface area contributed by atoms with Crippen molar-refractivity contribution in [2.75, 3.05) is 34.0 Å². The van der Waals surface area contributed by atoms with Crippen LogP contribution in [0.4, 0.5) is 0 Å². The van der Waals surface area contributed by atoms with Gasteiger partial charge in [-0.2, -0.15) is 0 Å². The van der Waals surface area contributed by atoms with Gasteiger partial charge in [-0.3, -0.25) is 4.79 Å². The predicted molar refractivity (Wildman–Crippen MR) is 105 cm³/mol. The van der Waals surface area contributed by atoms with E-state index in [1.165, 1.54) is 7.11 Å². The Labute approximate surface area is 169 Å². The number of para-hydroxylation sites is 2. The van der Waals surface area contributed by atoms with E-state index in [0.717, 1.165) is 5.56 Å². The maximum Gasteiger partial charge on any atom is 0.344 e. The van der Waals surface area contributed by atoms with Gasteiger partial charge in [-0.15, -0.1) is 0 Å². The molecule has 2 aromatic carbocycles. The molecule has 0 fully saturated rings. The van der Waals surface area contributed by atoms with Crippen molar-refractivity contribution in [1.29, 1.82) is 0 Å². The third kappa shape index (κ3) is 6.91. The first kappa shape index (κ1) is 21.9. The average molecular weight is 403 g/mol. The van der Waals surface area contributed by atoms with Crippen molar-refractivity contribution in [3.63, 3.8) is 0 Å². The molecule has 0 bridgehead atoms. The van der Waals surface area contributed by atoms with Crippen LogP contribution in [0.2, 0.25) is 0 Å². The minimum absolute atomic E-state index is 0.259. The van der Waals surface area contributed by atoms with Gasteiger partial charge < -0.3 is 29.0 Å². The fourth-order valence-corrected chi connectivity index (χ4v) is 2.41. The number of hydrogen-bond donors (Lipinski definition) is 1. The number of ether oxygens (including phenoxy) is 5. The van der Waals surface area contributed by atoms with Crippen LogP contribution in [0.15, 0.2) is 42.5 Å². The molecular formula is C21H25NO7. The average Bonchev–Trinajstić information content (AvgIpc) is 2.75. The van der Waals surface area contributed by atoms with E-state index >= 15 is 0 Å². The van der Waals surface area contributed by atoms with Crippen LogP contribution >= 0.6 is 0 Å². The number of amides is 1. The van der Waals surface area contributed by atoms with Crippen LogP contribution < -0.4 is 24.3 Å². The van der Waals surface area contributed by atoms with E-state index in [1.54, 1.807) is 49.6 Å². The monoisotopic (exact) mass is 403 g/mol. The summed E-state index contributed by atoms with van der Waals surface area (Å²) in [4.78, 5) is 23.7. The van der Waals surface area contributed by atoms with Crippen molar-refractivity contribution in [1.82, 2.24) is 5.32 Å². The van der Waals surface area contributed by atoms with Gasteiger partial charge in [0.1, 0.15) is 0 Å². The second-order valence-electron chi connectivity index (χ2n) is 5.80. The Morgan fingerprint density at radius 1 is 0.862 bits per heavy atom. The Morgan fingerprint density at radius 2 is 1.55 bits per heavy atom. The second-order valence-corrected chi connectivity index (χ2v) is 5.80. The standard InChI is InChI=1S/C21H25NO7/c1-4-27-17-7-5-6-8-18(17)28-14-21(24)29-13-20(23)22-12-15-9-10-16(25-2)19(11-15)26-3/h5-11H,4,12-14H2,1-3H3,(H,22,23). The molecule has 0 spiro atoms. The van der Waals surface area contributed by atoms with Gasteiger partial charge >= 0.3 is 5.97 Å². The number of nitrogens with one attached hydrogen (secondary N) is 1. The molecule has 1 N–H and O–H groups in total. The highest BCUT2D eigenvalue weighted by atomic mass is 16.6. The lowest BCUT2D eigenvalue weighted by Gasteiger charge is -2.12. The Kier molecular flexibility index (Phi) is 8.62. The van der Waals surface area contributed by atoms with Crippen LogP contribution in [0.3, 0.4) is 0 Å². The molecule has 0 aliphatic heterocycles. The largest absolute Gasteiger partial charge is 0.493 e. The fourth-order valence-electron chi connectivity index (χ4n) is 2.41. The van der Waals surface area contributed by atoms with Gasteiger partial charge in [0.25, 0.3) is 5.91 Å². The van der Waals surface area contributed by atoms with Gasteiger partial charge in [-0.1, -0.05) is 18.2 Å². The van der Waals surface area contributed by atoms with E-state index in [-0.39, 0.29) is 13.2 Å². The normalized spacial score (nSPS) is 10.0. The highest BCUT2D eigenvalue weighted by Crippen LogP contribution is 2.27. The van der Waals surface area contributed by atoms with Crippen molar-refractivity contribution < 1.29 is 33.3 Å². The molecular weight excluding hydrogens is 378 g/mol. The number of methoxy groups -OCH3 is 2. The van der Waals surface area contributed by atoms with Crippen molar-refractivity contribution in [2.24, 2.45) is 0 Å². The molecule has 2 rings (SSSR count). The van der Waals surface area contributed by atoms with Crippen LogP contribution in [-0.2, 0) is 20.9 Å². The van der Waals surface area contributed by atoms with Gasteiger partial charge in [-0.25, -0.2) is 4.79 Å². The van der Waals surface area contributed by atoms with Gasteiger partial charge in [0.05, 0.1) is 20.8 Å². The maximum atomic E-state index is 11.9. The minimum atomic E-state index is -0.655. The summed E-state index contributed by atoms with van der Waals surface area (Å²) < 4.78 is 26.1. The molecule has 0 aliphatic rings. The molecule has 0 aromatic heterocycles. The van der Waals surface area contributed by atoms with Gasteiger partial charge in [0.2, 0.25) is 0 Å². The van der Waals surface area contributed by atoms with Crippen molar-refractivity contribution in [3.8, 4) is 23.0 Å². The first-order valence-corrected chi connectivity index (χ1v) is 9.05. The summed E-state index contributed by atoms with van der Waals surface area (Å²) in [6.07, 6.45) is 0. The molecule has 0 radical (unpaired) electrons. The van der Waals surface area contributed by atoms with E-state index in [0.29, 0.717) is 29.6 Å². The van der Waals surface area contributed by atoms with E-state index in [2.05, 4.69) is 5.32 Å². The van der Waals surface area contributed by atoms with Crippen LogP contribution in [0.5, 0.6) is 23.0 Å². The van der Waals surface area contributed by atoms with Gasteiger partial charge in [0.15, 0.2) is 36.2 Å². The summed E-state index contributed by atoms with van der Waals surface area (Å²) in [6, 6.07) is 12.3. The molecule has 2 aromatic rings. The molecule has 29 heavy (non-hydrogen) atoms. The smallest absolute Gasteiger partial charge is 0.344 e. The van der Waals surface area contributed by atoms with Crippen molar-refractivity contribution in [3.05, 3.63) is 48.0 Å². The minimum Gasteiger partial charge on any atom is -0.493 e. The summed E-state index contributed by atoms with van der Waals surface area (Å²) in [5.41, 5.74) is 0.818. The molecule has 0 saturated heterocycles. The first-order valence-electron chi connectivity index (χ1n) is 9.05. The Bertz CT molecular complexity index is 822. The van der Waals surface area contributed by atoms with Crippen molar-refractivity contribution >= 4 is 11.9 Å². The number of rotatable bonds is 11. The quantitative estimate of drug-likeness (QED) is 0.576. The Balaban J connectivity index is 1.74. The zero-order chi connectivity index (χ0) is 21.1. The fraction of sp³-hybridized carbons (Fsp3) is 0.333. The van der Waals surface area contributed by atoms with Crippen LogP contribution in [0, 0.1) is 0 Å². The zero-order valence-electron chi connectivity index (χ0n) is 16.7. The molecule has 156 valence electrons. The number of benzene rings is 2. The van der Waals surface area contributed by atoms with Crippen LogP contribution in [0.1, 0.15) is 12.5 Å². The number of carbonyl (C=O) groups is 2. The summed E-state index contributed by atoms with van der Waals surface area (Å²) >= 11 is 0. The molecule has 1 amide bonds. The molecule has 0 saturated carbocycles. The van der Waals surface area contributed by atoms with Crippen molar-refractivity contribution in [2.45, 2.75) is 13.5 Å². The highest BCUT2D eigenvalue weighted by molar-refractivity contribution is 5.80. The van der Waals surface area contributed by atoms with Gasteiger partial charge in [-0.05, 0) is 36.8 Å². The summed E-state index contributed by atoms with van der Waals surface area (Å²) in [7, 11) is 3.08. The maximum absolute atomic E-state index is 11.9. The Hall–Kier alpha value is -3.42. The predicted octanol–water partition coefficient (Wildman–Crippen LogP) is 2.34. The highest BCUT2D eigenvalue weighted by Gasteiger charge is 2.11. The molecule has 0 heterocycles. The molecule has 8 heteroatoms. The number of hydrogen-bond acceptors (Lipinski definition) is 7. The number of esters is 1. The van der Waals surface area contributed by atoms with E-state index in [4.69, 9.17) is 23.7 Å². The second kappa shape index (κ2) is 11.4. The Morgan fingerprint density at radius 3 is 2.21 bits per heavy atom. The molecule has 0 atom stereocenters. The summed E-state index contributed by atoms with van der Waals surface area (Å²) in [6.45, 7) is 1.86.